The Hall–Kier alpha value is 0.740. The minimum Gasteiger partial charge on any atom is -0.348 e. The van der Waals surface area contributed by atoms with Crippen LogP contribution in [-0.4, -0.2) is 18.5 Å². The van der Waals surface area contributed by atoms with Gasteiger partial charge >= 0.3 is 0 Å². The smallest absolute Gasteiger partial charge is 0.0884 e. The molecule has 0 saturated heterocycles. The van der Waals surface area contributed by atoms with Gasteiger partial charge in [0.1, 0.15) is 0 Å². The summed E-state index contributed by atoms with van der Waals surface area (Å²) in [6, 6.07) is 0. The van der Waals surface area contributed by atoms with E-state index in [2.05, 4.69) is 20.8 Å². The van der Waals surface area contributed by atoms with E-state index in [9.17, 15) is 0 Å². The summed E-state index contributed by atoms with van der Waals surface area (Å²) in [6.45, 7) is 7.28. The first-order chi connectivity index (χ1) is 4.35. The van der Waals surface area contributed by atoms with E-state index in [0.717, 1.165) is 6.61 Å². The Morgan fingerprint density at radius 1 is 1.33 bits per heavy atom. The molecule has 0 rings (SSSR count). The largest absolute Gasteiger partial charge is 0.348 e. The fourth-order valence-corrected chi connectivity index (χ4v) is 3.47. The predicted molar refractivity (Wildman–Crippen MR) is 47.2 cm³/mol. The van der Waals surface area contributed by atoms with Crippen molar-refractivity contribution < 1.29 is 4.52 Å². The van der Waals surface area contributed by atoms with Gasteiger partial charge in [-0.25, -0.2) is 0 Å². The Morgan fingerprint density at radius 3 is 2.33 bits per heavy atom. The second-order valence-corrected chi connectivity index (χ2v) is 5.87. The summed E-state index contributed by atoms with van der Waals surface area (Å²) in [5.41, 5.74) is 0. The molecule has 0 saturated carbocycles. The topological polar surface area (TPSA) is 9.23 Å². The third kappa shape index (κ3) is 5.20. The van der Waals surface area contributed by atoms with Crippen molar-refractivity contribution in [2.45, 2.75) is 20.8 Å². The maximum Gasteiger partial charge on any atom is 0.0884 e. The quantitative estimate of drug-likeness (QED) is 0.580. The molecule has 0 fully saturated rings. The van der Waals surface area contributed by atoms with Crippen molar-refractivity contribution in [3.8, 4) is 0 Å². The standard InChI is InChI=1S/C6H15OPS/c1-4-7-8(5-2)9-6-3/h4-6H2,1-3H3. The van der Waals surface area contributed by atoms with E-state index in [1.54, 1.807) is 0 Å². The third-order valence-corrected chi connectivity index (χ3v) is 5.14. The summed E-state index contributed by atoms with van der Waals surface area (Å²) in [6.07, 6.45) is 1.18. The SMILES string of the molecule is CCOP(CC)SCC. The second kappa shape index (κ2) is 6.85. The summed E-state index contributed by atoms with van der Waals surface area (Å²) >= 11 is 1.94. The maximum atomic E-state index is 5.46. The van der Waals surface area contributed by atoms with Gasteiger partial charge in [0, 0.05) is 6.61 Å². The van der Waals surface area contributed by atoms with E-state index in [4.69, 9.17) is 4.52 Å². The van der Waals surface area contributed by atoms with Crippen LogP contribution in [0.15, 0.2) is 0 Å². The van der Waals surface area contributed by atoms with E-state index in [1.165, 1.54) is 11.9 Å². The molecule has 0 radical (unpaired) electrons. The molecule has 0 aliphatic carbocycles. The highest BCUT2D eigenvalue weighted by molar-refractivity contribution is 8.54. The molecular formula is C6H15OPS. The van der Waals surface area contributed by atoms with Crippen LogP contribution in [0, 0.1) is 0 Å². The van der Waals surface area contributed by atoms with Crippen LogP contribution in [0.25, 0.3) is 0 Å². The van der Waals surface area contributed by atoms with E-state index in [-0.39, 0.29) is 7.35 Å². The van der Waals surface area contributed by atoms with Crippen LogP contribution in [0.2, 0.25) is 0 Å². The van der Waals surface area contributed by atoms with Crippen molar-refractivity contribution in [1.29, 1.82) is 0 Å². The second-order valence-electron chi connectivity index (χ2n) is 1.48. The molecule has 0 aliphatic rings. The highest BCUT2D eigenvalue weighted by atomic mass is 32.7. The zero-order valence-corrected chi connectivity index (χ0v) is 8.10. The van der Waals surface area contributed by atoms with Crippen LogP contribution in [-0.2, 0) is 4.52 Å². The monoisotopic (exact) mass is 166 g/mol. The fourth-order valence-electron chi connectivity index (χ4n) is 0.508. The first kappa shape index (κ1) is 9.74. The number of hydrogen-bond acceptors (Lipinski definition) is 2. The van der Waals surface area contributed by atoms with E-state index >= 15 is 0 Å². The third-order valence-electron chi connectivity index (χ3n) is 0.804. The van der Waals surface area contributed by atoms with Gasteiger partial charge in [0.2, 0.25) is 0 Å². The lowest BCUT2D eigenvalue weighted by molar-refractivity contribution is 0.387. The average molecular weight is 166 g/mol. The Bertz CT molecular complexity index is 55.0. The van der Waals surface area contributed by atoms with E-state index in [0.29, 0.717) is 0 Å². The molecule has 1 unspecified atom stereocenters. The average Bonchev–Trinajstić information content (AvgIpc) is 1.88. The number of hydrogen-bond donors (Lipinski definition) is 0. The molecule has 0 amide bonds. The van der Waals surface area contributed by atoms with Gasteiger partial charge in [-0.15, -0.1) is 11.4 Å². The lowest BCUT2D eigenvalue weighted by Gasteiger charge is -2.11. The fraction of sp³-hybridized carbons (Fsp3) is 1.00. The minimum absolute atomic E-state index is 0.142. The zero-order valence-electron chi connectivity index (χ0n) is 6.39. The Balaban J connectivity index is 3.18. The Kier molecular flexibility index (Phi) is 7.42. The van der Waals surface area contributed by atoms with Crippen LogP contribution in [0.4, 0.5) is 0 Å². The van der Waals surface area contributed by atoms with Crippen LogP contribution < -0.4 is 0 Å². The van der Waals surface area contributed by atoms with Crippen molar-refractivity contribution in [3.63, 3.8) is 0 Å². The van der Waals surface area contributed by atoms with Gasteiger partial charge < -0.3 is 4.52 Å². The van der Waals surface area contributed by atoms with Crippen molar-refractivity contribution in [1.82, 2.24) is 0 Å². The summed E-state index contributed by atoms with van der Waals surface area (Å²) in [4.78, 5) is 0. The molecule has 0 aromatic heterocycles. The lowest BCUT2D eigenvalue weighted by Crippen LogP contribution is -1.83. The molecule has 0 aromatic rings. The highest BCUT2D eigenvalue weighted by Crippen LogP contribution is 2.49. The molecular weight excluding hydrogens is 151 g/mol. The first-order valence-corrected chi connectivity index (χ1v) is 6.42. The van der Waals surface area contributed by atoms with E-state index < -0.39 is 0 Å². The van der Waals surface area contributed by atoms with Gasteiger partial charge in [-0.3, -0.25) is 0 Å². The normalized spacial score (nSPS) is 13.7. The lowest BCUT2D eigenvalue weighted by atomic mass is 10.9. The molecule has 3 heteroatoms. The van der Waals surface area contributed by atoms with Crippen LogP contribution in [0.1, 0.15) is 20.8 Å². The van der Waals surface area contributed by atoms with Crippen molar-refractivity contribution in [2.24, 2.45) is 0 Å². The molecule has 0 aliphatic heterocycles. The van der Waals surface area contributed by atoms with Crippen molar-refractivity contribution in [3.05, 3.63) is 0 Å². The van der Waals surface area contributed by atoms with Gasteiger partial charge in [-0.05, 0) is 18.8 Å². The molecule has 0 N–H and O–H groups in total. The Morgan fingerprint density at radius 2 is 2.00 bits per heavy atom. The van der Waals surface area contributed by atoms with Gasteiger partial charge in [0.15, 0.2) is 0 Å². The van der Waals surface area contributed by atoms with Gasteiger partial charge in [0.05, 0.1) is 7.35 Å². The predicted octanol–water partition coefficient (Wildman–Crippen LogP) is 3.11. The van der Waals surface area contributed by atoms with Crippen molar-refractivity contribution in [2.75, 3.05) is 18.5 Å². The number of rotatable bonds is 5. The van der Waals surface area contributed by atoms with Gasteiger partial charge in [-0.1, -0.05) is 13.8 Å². The molecule has 0 bridgehead atoms. The van der Waals surface area contributed by atoms with E-state index in [1.807, 2.05) is 11.4 Å². The first-order valence-electron chi connectivity index (χ1n) is 3.38. The van der Waals surface area contributed by atoms with Gasteiger partial charge in [-0.2, -0.15) is 0 Å². The molecule has 0 spiro atoms. The Labute approximate surface area is 63.1 Å². The van der Waals surface area contributed by atoms with Crippen LogP contribution in [0.5, 0.6) is 0 Å². The summed E-state index contributed by atoms with van der Waals surface area (Å²) in [5.74, 6) is 1.18. The molecule has 0 aromatic carbocycles. The zero-order chi connectivity index (χ0) is 7.11. The summed E-state index contributed by atoms with van der Waals surface area (Å²) in [5, 5.41) is 0. The maximum absolute atomic E-state index is 5.46. The molecule has 1 nitrogen and oxygen atoms in total. The van der Waals surface area contributed by atoms with Gasteiger partial charge in [0.25, 0.3) is 0 Å². The molecule has 56 valence electrons. The summed E-state index contributed by atoms with van der Waals surface area (Å²) in [7, 11) is -0.142. The minimum atomic E-state index is -0.142. The highest BCUT2D eigenvalue weighted by Gasteiger charge is 2.02. The molecule has 0 heterocycles. The van der Waals surface area contributed by atoms with Crippen LogP contribution >= 0.6 is 18.7 Å². The summed E-state index contributed by atoms with van der Waals surface area (Å²) < 4.78 is 5.46. The van der Waals surface area contributed by atoms with Crippen LogP contribution in [0.3, 0.4) is 0 Å². The van der Waals surface area contributed by atoms with Crippen molar-refractivity contribution >= 4 is 18.7 Å². The molecule has 9 heavy (non-hydrogen) atoms. The molecule has 1 atom stereocenters.